The van der Waals surface area contributed by atoms with Crippen molar-refractivity contribution in [1.82, 2.24) is 19.9 Å². The van der Waals surface area contributed by atoms with Gasteiger partial charge in [0.25, 0.3) is 11.8 Å². The lowest BCUT2D eigenvalue weighted by Crippen LogP contribution is -2.46. The van der Waals surface area contributed by atoms with Crippen LogP contribution in [0, 0.1) is 0 Å². The molecule has 3 heterocycles. The molecular formula is C26H21ClN6O3. The number of pyridine rings is 1. The number of carbonyl (C=O) groups is 3. The van der Waals surface area contributed by atoms with Gasteiger partial charge in [-0.05, 0) is 48.0 Å². The summed E-state index contributed by atoms with van der Waals surface area (Å²) in [6, 6.07) is 16.6. The third kappa shape index (κ3) is 4.96. The van der Waals surface area contributed by atoms with E-state index in [0.29, 0.717) is 27.7 Å². The zero-order chi connectivity index (χ0) is 25.1. The third-order valence-corrected chi connectivity index (χ3v) is 6.07. The lowest BCUT2D eigenvalue weighted by atomic mass is 10.1. The maximum atomic E-state index is 13.6. The zero-order valence-electron chi connectivity index (χ0n) is 18.9. The second kappa shape index (κ2) is 10.0. The minimum absolute atomic E-state index is 0.180. The summed E-state index contributed by atoms with van der Waals surface area (Å²) < 4.78 is 0. The Bertz CT molecular complexity index is 1410. The number of imidazole rings is 1. The quantitative estimate of drug-likeness (QED) is 0.370. The predicted molar refractivity (Wildman–Crippen MR) is 135 cm³/mol. The van der Waals surface area contributed by atoms with E-state index < -0.39 is 6.04 Å². The molecule has 0 spiro atoms. The standard InChI is InChI=1S/C26H21ClN6O3/c27-17-6-9-20-21(11-17)32-25(35)23(12-19-3-1-2-10-29-19)33(26(20)36)14-16-4-7-18(8-5-16)31-24(34)22-13-28-15-30-22/h1-11,13,15,23H,12,14H2,(H,28,30)(H,31,34)(H,32,35). The molecule has 0 radical (unpaired) electrons. The molecule has 36 heavy (non-hydrogen) atoms. The monoisotopic (exact) mass is 500 g/mol. The van der Waals surface area contributed by atoms with Crippen molar-refractivity contribution in [3.05, 3.63) is 107 Å². The second-order valence-corrected chi connectivity index (χ2v) is 8.70. The van der Waals surface area contributed by atoms with Gasteiger partial charge in [0.1, 0.15) is 11.7 Å². The largest absolute Gasteiger partial charge is 0.350 e. The highest BCUT2D eigenvalue weighted by molar-refractivity contribution is 6.31. The molecule has 0 aliphatic carbocycles. The van der Waals surface area contributed by atoms with Crippen LogP contribution in [-0.4, -0.2) is 43.6 Å². The van der Waals surface area contributed by atoms with Crippen molar-refractivity contribution in [3.8, 4) is 0 Å². The molecule has 1 atom stereocenters. The van der Waals surface area contributed by atoms with Crippen LogP contribution in [0.5, 0.6) is 0 Å². The van der Waals surface area contributed by atoms with Crippen LogP contribution in [-0.2, 0) is 17.8 Å². The number of anilines is 2. The first-order chi connectivity index (χ1) is 17.5. The Balaban J connectivity index is 1.42. The van der Waals surface area contributed by atoms with Gasteiger partial charge in [0.05, 0.1) is 17.6 Å². The van der Waals surface area contributed by atoms with Gasteiger partial charge in [-0.15, -0.1) is 0 Å². The molecule has 5 rings (SSSR count). The van der Waals surface area contributed by atoms with Crippen molar-refractivity contribution < 1.29 is 14.4 Å². The zero-order valence-corrected chi connectivity index (χ0v) is 19.7. The molecule has 4 aromatic rings. The minimum atomic E-state index is -0.794. The molecule has 180 valence electrons. The van der Waals surface area contributed by atoms with E-state index in [-0.39, 0.29) is 36.4 Å². The average Bonchev–Trinajstić information content (AvgIpc) is 3.40. The lowest BCUT2D eigenvalue weighted by Gasteiger charge is -2.28. The molecule has 0 saturated carbocycles. The van der Waals surface area contributed by atoms with Crippen molar-refractivity contribution in [2.24, 2.45) is 0 Å². The number of nitrogens with zero attached hydrogens (tertiary/aromatic N) is 3. The van der Waals surface area contributed by atoms with Crippen LogP contribution in [0.3, 0.4) is 0 Å². The van der Waals surface area contributed by atoms with Gasteiger partial charge < -0.3 is 20.5 Å². The van der Waals surface area contributed by atoms with Crippen LogP contribution in [0.1, 0.15) is 32.1 Å². The van der Waals surface area contributed by atoms with Gasteiger partial charge in [-0.2, -0.15) is 0 Å². The van der Waals surface area contributed by atoms with Gasteiger partial charge in [-0.3, -0.25) is 19.4 Å². The number of benzene rings is 2. The lowest BCUT2D eigenvalue weighted by molar-refractivity contribution is -0.120. The molecular weight excluding hydrogens is 480 g/mol. The number of H-pyrrole nitrogens is 1. The fourth-order valence-electron chi connectivity index (χ4n) is 4.03. The summed E-state index contributed by atoms with van der Waals surface area (Å²) in [4.78, 5) is 51.7. The topological polar surface area (TPSA) is 120 Å². The SMILES string of the molecule is O=C(Nc1ccc(CN2C(=O)c3ccc(Cl)cc3NC(=O)C2Cc2ccccn2)cc1)c1c[nH]cn1. The number of aromatic nitrogens is 3. The number of hydrogen-bond acceptors (Lipinski definition) is 5. The fraction of sp³-hybridized carbons (Fsp3) is 0.115. The Morgan fingerprint density at radius 2 is 1.89 bits per heavy atom. The number of amides is 3. The van der Waals surface area contributed by atoms with E-state index in [9.17, 15) is 14.4 Å². The van der Waals surface area contributed by atoms with Crippen molar-refractivity contribution >= 4 is 40.7 Å². The van der Waals surface area contributed by atoms with Crippen LogP contribution in [0.2, 0.25) is 5.02 Å². The van der Waals surface area contributed by atoms with E-state index >= 15 is 0 Å². The molecule has 2 aromatic heterocycles. The third-order valence-electron chi connectivity index (χ3n) is 5.83. The first-order valence-electron chi connectivity index (χ1n) is 11.2. The van der Waals surface area contributed by atoms with Gasteiger partial charge in [0.15, 0.2) is 0 Å². The van der Waals surface area contributed by atoms with Crippen LogP contribution in [0.15, 0.2) is 79.4 Å². The Morgan fingerprint density at radius 1 is 1.06 bits per heavy atom. The number of nitrogens with one attached hydrogen (secondary N) is 3. The van der Waals surface area contributed by atoms with Gasteiger partial charge in [-0.1, -0.05) is 29.8 Å². The Labute approximate surface area is 211 Å². The highest BCUT2D eigenvalue weighted by atomic mass is 35.5. The second-order valence-electron chi connectivity index (χ2n) is 8.26. The highest BCUT2D eigenvalue weighted by Gasteiger charge is 2.35. The number of carbonyl (C=O) groups excluding carboxylic acids is 3. The van der Waals surface area contributed by atoms with E-state index in [1.807, 2.05) is 12.1 Å². The normalized spacial score (nSPS) is 15.1. The van der Waals surface area contributed by atoms with E-state index in [1.54, 1.807) is 59.6 Å². The summed E-state index contributed by atoms with van der Waals surface area (Å²) in [6.45, 7) is 0.180. The van der Waals surface area contributed by atoms with Crippen molar-refractivity contribution in [2.45, 2.75) is 19.0 Å². The van der Waals surface area contributed by atoms with Crippen molar-refractivity contribution in [3.63, 3.8) is 0 Å². The molecule has 3 amide bonds. The van der Waals surface area contributed by atoms with E-state index in [1.165, 1.54) is 12.5 Å². The summed E-state index contributed by atoms with van der Waals surface area (Å²) in [5, 5.41) is 6.05. The molecule has 10 heteroatoms. The minimum Gasteiger partial charge on any atom is -0.350 e. The van der Waals surface area contributed by atoms with Crippen LogP contribution >= 0.6 is 11.6 Å². The fourth-order valence-corrected chi connectivity index (χ4v) is 4.20. The maximum absolute atomic E-state index is 13.6. The van der Waals surface area contributed by atoms with Crippen LogP contribution in [0.25, 0.3) is 0 Å². The molecule has 1 unspecified atom stereocenters. The first kappa shape index (κ1) is 23.3. The van der Waals surface area contributed by atoms with Gasteiger partial charge in [0, 0.05) is 41.8 Å². The highest BCUT2D eigenvalue weighted by Crippen LogP contribution is 2.29. The Hall–Kier alpha value is -4.50. The van der Waals surface area contributed by atoms with E-state index in [0.717, 1.165) is 5.56 Å². The molecule has 0 fully saturated rings. The summed E-state index contributed by atoms with van der Waals surface area (Å²) in [6.07, 6.45) is 4.84. The Kier molecular flexibility index (Phi) is 6.46. The molecule has 0 saturated heterocycles. The van der Waals surface area contributed by atoms with Gasteiger partial charge in [-0.25, -0.2) is 4.98 Å². The summed E-state index contributed by atoms with van der Waals surface area (Å²) >= 11 is 6.12. The number of hydrogen-bond donors (Lipinski definition) is 3. The summed E-state index contributed by atoms with van der Waals surface area (Å²) in [5.74, 6) is -0.955. The number of fused-ring (bicyclic) bond motifs is 1. The van der Waals surface area contributed by atoms with Crippen molar-refractivity contribution in [1.29, 1.82) is 0 Å². The summed E-state index contributed by atoms with van der Waals surface area (Å²) in [7, 11) is 0. The predicted octanol–water partition coefficient (Wildman–Crippen LogP) is 3.92. The van der Waals surface area contributed by atoms with E-state index in [2.05, 4.69) is 25.6 Å². The number of aromatic amines is 1. The average molecular weight is 501 g/mol. The molecule has 1 aliphatic rings. The number of halogens is 1. The molecule has 0 bridgehead atoms. The smallest absolute Gasteiger partial charge is 0.275 e. The molecule has 9 nitrogen and oxygen atoms in total. The summed E-state index contributed by atoms with van der Waals surface area (Å²) in [5.41, 5.74) is 3.07. The Morgan fingerprint density at radius 3 is 2.61 bits per heavy atom. The maximum Gasteiger partial charge on any atom is 0.275 e. The molecule has 1 aliphatic heterocycles. The molecule has 3 N–H and O–H groups in total. The molecule has 2 aromatic carbocycles. The number of rotatable bonds is 6. The van der Waals surface area contributed by atoms with Crippen molar-refractivity contribution in [2.75, 3.05) is 10.6 Å². The first-order valence-corrected chi connectivity index (χ1v) is 11.6. The van der Waals surface area contributed by atoms with Gasteiger partial charge >= 0.3 is 0 Å². The van der Waals surface area contributed by atoms with Gasteiger partial charge in [0.2, 0.25) is 5.91 Å². The van der Waals surface area contributed by atoms with Crippen LogP contribution in [0.4, 0.5) is 11.4 Å². The van der Waals surface area contributed by atoms with E-state index in [4.69, 9.17) is 11.6 Å². The van der Waals surface area contributed by atoms with Crippen LogP contribution < -0.4 is 10.6 Å².